The summed E-state index contributed by atoms with van der Waals surface area (Å²) in [6.07, 6.45) is 0. The quantitative estimate of drug-likeness (QED) is 0.561. The summed E-state index contributed by atoms with van der Waals surface area (Å²) in [6, 6.07) is 11.9. The first-order valence-electron chi connectivity index (χ1n) is 8.34. The van der Waals surface area contributed by atoms with Gasteiger partial charge in [-0.1, -0.05) is 0 Å². The van der Waals surface area contributed by atoms with Crippen molar-refractivity contribution < 1.29 is 0 Å². The highest BCUT2D eigenvalue weighted by molar-refractivity contribution is 5.58. The molecule has 0 aliphatic rings. The van der Waals surface area contributed by atoms with Crippen LogP contribution in [-0.4, -0.2) is 38.1 Å². The fraction of sp³-hybridized carbons (Fsp3) is 0.368. The van der Waals surface area contributed by atoms with Crippen molar-refractivity contribution in [1.29, 1.82) is 0 Å². The Morgan fingerprint density at radius 2 is 1.21 bits per heavy atom. The molecule has 5 heteroatoms. The van der Waals surface area contributed by atoms with E-state index >= 15 is 0 Å². The van der Waals surface area contributed by atoms with E-state index in [0.717, 1.165) is 48.9 Å². The summed E-state index contributed by atoms with van der Waals surface area (Å²) in [5.41, 5.74) is 17.8. The molecular weight excluding hydrogens is 298 g/mol. The summed E-state index contributed by atoms with van der Waals surface area (Å²) in [7, 11) is 2.13. The van der Waals surface area contributed by atoms with Crippen LogP contribution in [0.5, 0.6) is 0 Å². The molecular formula is C19H29N5. The van der Waals surface area contributed by atoms with E-state index in [0.29, 0.717) is 0 Å². The number of likely N-dealkylation sites (N-methyl/N-ethyl adjacent to an activating group) is 1. The van der Waals surface area contributed by atoms with Gasteiger partial charge in [0.25, 0.3) is 0 Å². The third-order valence-corrected chi connectivity index (χ3v) is 4.12. The Morgan fingerprint density at radius 1 is 0.792 bits per heavy atom. The molecule has 2 aromatic rings. The molecule has 130 valence electrons. The van der Waals surface area contributed by atoms with Crippen LogP contribution in [0.2, 0.25) is 0 Å². The molecule has 0 saturated carbocycles. The fourth-order valence-corrected chi connectivity index (χ4v) is 2.65. The Hall–Kier alpha value is -2.40. The van der Waals surface area contributed by atoms with Crippen LogP contribution >= 0.6 is 0 Å². The van der Waals surface area contributed by atoms with Crippen LogP contribution in [0.3, 0.4) is 0 Å². The lowest BCUT2D eigenvalue weighted by Crippen LogP contribution is -2.30. The van der Waals surface area contributed by atoms with Gasteiger partial charge in [0.2, 0.25) is 0 Å². The van der Waals surface area contributed by atoms with E-state index in [9.17, 15) is 0 Å². The zero-order valence-corrected chi connectivity index (χ0v) is 14.9. The smallest absolute Gasteiger partial charge is 0.0371 e. The second-order valence-electron chi connectivity index (χ2n) is 6.31. The fourth-order valence-electron chi connectivity index (χ4n) is 2.65. The normalized spacial score (nSPS) is 10.8. The maximum absolute atomic E-state index is 5.78. The number of aryl methyl sites for hydroxylation is 2. The zero-order valence-electron chi connectivity index (χ0n) is 14.9. The van der Waals surface area contributed by atoms with E-state index in [1.807, 2.05) is 36.4 Å². The molecule has 2 aromatic carbocycles. The SMILES string of the molecule is Cc1cc(N)ccc1NCCN(C)CCNc1ccc(N)cc1C. The van der Waals surface area contributed by atoms with E-state index in [2.05, 4.69) is 36.4 Å². The van der Waals surface area contributed by atoms with Crippen LogP contribution in [0, 0.1) is 13.8 Å². The van der Waals surface area contributed by atoms with Crippen LogP contribution in [0.1, 0.15) is 11.1 Å². The predicted molar refractivity (Wildman–Crippen MR) is 106 cm³/mol. The molecule has 0 aliphatic heterocycles. The molecule has 0 spiro atoms. The lowest BCUT2D eigenvalue weighted by Gasteiger charge is -2.19. The lowest BCUT2D eigenvalue weighted by molar-refractivity contribution is 0.361. The molecule has 0 amide bonds. The van der Waals surface area contributed by atoms with Crippen LogP contribution in [-0.2, 0) is 0 Å². The van der Waals surface area contributed by atoms with Gasteiger partial charge in [-0.3, -0.25) is 0 Å². The van der Waals surface area contributed by atoms with Crippen LogP contribution in [0.4, 0.5) is 22.7 Å². The Bertz CT molecular complexity index is 611. The van der Waals surface area contributed by atoms with Crippen molar-refractivity contribution in [3.05, 3.63) is 47.5 Å². The molecule has 5 nitrogen and oxygen atoms in total. The number of nitrogens with one attached hydrogen (secondary N) is 2. The molecule has 6 N–H and O–H groups in total. The Balaban J connectivity index is 1.69. The van der Waals surface area contributed by atoms with Gasteiger partial charge in [0.15, 0.2) is 0 Å². The zero-order chi connectivity index (χ0) is 17.5. The number of nitrogens with two attached hydrogens (primary N) is 2. The molecule has 2 rings (SSSR count). The average molecular weight is 327 g/mol. The number of anilines is 4. The topological polar surface area (TPSA) is 79.3 Å². The number of nitrogen functional groups attached to an aromatic ring is 2. The first-order valence-corrected chi connectivity index (χ1v) is 8.34. The molecule has 0 bridgehead atoms. The molecule has 0 unspecified atom stereocenters. The van der Waals surface area contributed by atoms with Crippen molar-refractivity contribution in [2.24, 2.45) is 0 Å². The number of rotatable bonds is 8. The van der Waals surface area contributed by atoms with Gasteiger partial charge in [-0.15, -0.1) is 0 Å². The van der Waals surface area contributed by atoms with Crippen LogP contribution < -0.4 is 22.1 Å². The molecule has 0 atom stereocenters. The minimum absolute atomic E-state index is 0.805. The number of nitrogens with zero attached hydrogens (tertiary/aromatic N) is 1. The van der Waals surface area contributed by atoms with Gasteiger partial charge in [-0.2, -0.15) is 0 Å². The van der Waals surface area contributed by atoms with Crippen molar-refractivity contribution in [3.8, 4) is 0 Å². The minimum atomic E-state index is 0.805. The molecule has 24 heavy (non-hydrogen) atoms. The van der Waals surface area contributed by atoms with Gasteiger partial charge in [0.1, 0.15) is 0 Å². The second kappa shape index (κ2) is 8.45. The number of hydrogen-bond acceptors (Lipinski definition) is 5. The van der Waals surface area contributed by atoms with Crippen molar-refractivity contribution in [2.45, 2.75) is 13.8 Å². The standard InChI is InChI=1S/C19H29N5/c1-14-12-16(20)4-6-18(14)22-8-10-24(3)11-9-23-19-7-5-17(21)13-15(19)2/h4-7,12-13,22-23H,8-11,20-21H2,1-3H3. The average Bonchev–Trinajstić information content (AvgIpc) is 2.51. The van der Waals surface area contributed by atoms with Crippen molar-refractivity contribution in [2.75, 3.05) is 55.3 Å². The van der Waals surface area contributed by atoms with E-state index in [1.54, 1.807) is 0 Å². The van der Waals surface area contributed by atoms with E-state index in [1.165, 1.54) is 11.1 Å². The summed E-state index contributed by atoms with van der Waals surface area (Å²) >= 11 is 0. The first-order chi connectivity index (χ1) is 11.5. The van der Waals surface area contributed by atoms with E-state index < -0.39 is 0 Å². The summed E-state index contributed by atoms with van der Waals surface area (Å²) in [5.74, 6) is 0. The Morgan fingerprint density at radius 3 is 1.58 bits per heavy atom. The maximum atomic E-state index is 5.78. The third kappa shape index (κ3) is 5.35. The molecule has 0 aromatic heterocycles. The summed E-state index contributed by atoms with van der Waals surface area (Å²) < 4.78 is 0. The van der Waals surface area contributed by atoms with Crippen molar-refractivity contribution in [3.63, 3.8) is 0 Å². The van der Waals surface area contributed by atoms with Crippen LogP contribution in [0.15, 0.2) is 36.4 Å². The van der Waals surface area contributed by atoms with E-state index in [-0.39, 0.29) is 0 Å². The Labute approximate surface area is 145 Å². The number of hydrogen-bond donors (Lipinski definition) is 4. The van der Waals surface area contributed by atoms with Crippen LogP contribution in [0.25, 0.3) is 0 Å². The third-order valence-electron chi connectivity index (χ3n) is 4.12. The lowest BCUT2D eigenvalue weighted by atomic mass is 10.2. The van der Waals surface area contributed by atoms with Gasteiger partial charge >= 0.3 is 0 Å². The second-order valence-corrected chi connectivity index (χ2v) is 6.31. The van der Waals surface area contributed by atoms with Crippen molar-refractivity contribution >= 4 is 22.7 Å². The summed E-state index contributed by atoms with van der Waals surface area (Å²) in [4.78, 5) is 2.30. The highest BCUT2D eigenvalue weighted by Gasteiger charge is 2.02. The monoisotopic (exact) mass is 327 g/mol. The predicted octanol–water partition coefficient (Wildman–Crippen LogP) is 2.92. The van der Waals surface area contributed by atoms with Gasteiger partial charge in [0.05, 0.1) is 0 Å². The van der Waals surface area contributed by atoms with E-state index in [4.69, 9.17) is 11.5 Å². The largest absolute Gasteiger partial charge is 0.399 e. The molecule has 0 fully saturated rings. The van der Waals surface area contributed by atoms with Gasteiger partial charge in [-0.05, 0) is 68.4 Å². The molecule has 0 aliphatic carbocycles. The highest BCUT2D eigenvalue weighted by atomic mass is 15.1. The Kier molecular flexibility index (Phi) is 6.32. The van der Waals surface area contributed by atoms with Gasteiger partial charge in [0, 0.05) is 48.9 Å². The minimum Gasteiger partial charge on any atom is -0.399 e. The molecule has 0 heterocycles. The van der Waals surface area contributed by atoms with Crippen molar-refractivity contribution in [1.82, 2.24) is 4.90 Å². The maximum Gasteiger partial charge on any atom is 0.0371 e. The summed E-state index contributed by atoms with van der Waals surface area (Å²) in [5, 5.41) is 6.93. The molecule has 0 saturated heterocycles. The highest BCUT2D eigenvalue weighted by Crippen LogP contribution is 2.18. The summed E-state index contributed by atoms with van der Waals surface area (Å²) in [6.45, 7) is 7.91. The number of benzene rings is 2. The molecule has 0 radical (unpaired) electrons. The first kappa shape index (κ1) is 17.9. The van der Waals surface area contributed by atoms with Gasteiger partial charge < -0.3 is 27.0 Å². The van der Waals surface area contributed by atoms with Gasteiger partial charge in [-0.25, -0.2) is 0 Å².